The maximum Gasteiger partial charge on any atom is 0.322 e. The van der Waals surface area contributed by atoms with Gasteiger partial charge in [-0.05, 0) is 39.5 Å². The van der Waals surface area contributed by atoms with E-state index in [1.54, 1.807) is 0 Å². The minimum absolute atomic E-state index is 0.0484. The number of aromatic nitrogens is 2. The summed E-state index contributed by atoms with van der Waals surface area (Å²) in [5.74, 6) is 1.43. The fourth-order valence-electron chi connectivity index (χ4n) is 3.22. The fraction of sp³-hybridized carbons (Fsp3) is 0.789. The Morgan fingerprint density at radius 2 is 1.83 bits per heavy atom. The summed E-state index contributed by atoms with van der Waals surface area (Å²) in [4.78, 5) is 14.4. The number of nitrogens with one attached hydrogen (secondary N) is 1. The highest BCUT2D eigenvalue weighted by Crippen LogP contribution is 2.29. The molecule has 2 rings (SSSR count). The Balaban J connectivity index is 2.15. The van der Waals surface area contributed by atoms with Crippen LogP contribution >= 0.6 is 0 Å². The first kappa shape index (κ1) is 18.8. The summed E-state index contributed by atoms with van der Waals surface area (Å²) in [5, 5.41) is 7.82. The van der Waals surface area contributed by atoms with E-state index in [2.05, 4.69) is 46.9 Å². The molecule has 1 aliphatic rings. The molecule has 1 aromatic rings. The number of carbonyl (C=O) groups is 1. The molecule has 1 saturated carbocycles. The van der Waals surface area contributed by atoms with Crippen molar-refractivity contribution in [3.63, 3.8) is 0 Å². The molecule has 0 radical (unpaired) electrons. The molecule has 0 aliphatic heterocycles. The Kier molecular flexibility index (Phi) is 5.31. The number of rotatable bonds is 3. The van der Waals surface area contributed by atoms with E-state index in [1.807, 2.05) is 22.7 Å². The smallest absolute Gasteiger partial charge is 0.322 e. The van der Waals surface area contributed by atoms with Gasteiger partial charge in [0.15, 0.2) is 0 Å². The third-order valence-electron chi connectivity index (χ3n) is 4.70. The average Bonchev–Trinajstić information content (AvgIpc) is 3.06. The van der Waals surface area contributed by atoms with Crippen LogP contribution in [-0.2, 0) is 11.0 Å². The summed E-state index contributed by atoms with van der Waals surface area (Å²) in [6, 6.07) is 1.96. The van der Waals surface area contributed by atoms with E-state index in [0.717, 1.165) is 18.1 Å². The molecule has 5 nitrogen and oxygen atoms in total. The molecule has 0 spiro atoms. The van der Waals surface area contributed by atoms with Gasteiger partial charge in [0.25, 0.3) is 0 Å². The van der Waals surface area contributed by atoms with Gasteiger partial charge in [0.1, 0.15) is 5.82 Å². The van der Waals surface area contributed by atoms with Crippen molar-refractivity contribution >= 4 is 11.8 Å². The topological polar surface area (TPSA) is 50.2 Å². The van der Waals surface area contributed by atoms with Gasteiger partial charge in [-0.2, -0.15) is 5.10 Å². The van der Waals surface area contributed by atoms with Crippen molar-refractivity contribution in [2.24, 2.45) is 5.92 Å². The monoisotopic (exact) mass is 334 g/mol. The first-order valence-corrected chi connectivity index (χ1v) is 9.11. The van der Waals surface area contributed by atoms with Crippen molar-refractivity contribution in [2.75, 3.05) is 18.9 Å². The summed E-state index contributed by atoms with van der Waals surface area (Å²) in [6.45, 7) is 13.6. The highest BCUT2D eigenvalue weighted by molar-refractivity contribution is 5.88. The normalized spacial score (nSPS) is 16.5. The molecule has 0 unspecified atom stereocenters. The standard InChI is InChI=1S/C19H34N4O/c1-18(2,3)15-12-16(23(21-15)19(4,5)6)20-17(24)22(7)13-14-10-8-9-11-14/h12,14H,8-11,13H2,1-7H3,(H,20,24). The highest BCUT2D eigenvalue weighted by atomic mass is 16.2. The highest BCUT2D eigenvalue weighted by Gasteiger charge is 2.27. The summed E-state index contributed by atoms with van der Waals surface area (Å²) in [6.07, 6.45) is 5.08. The molecular formula is C19H34N4O. The predicted octanol–water partition coefficient (Wildman–Crippen LogP) is 4.59. The lowest BCUT2D eigenvalue weighted by Crippen LogP contribution is -2.36. The van der Waals surface area contributed by atoms with E-state index in [-0.39, 0.29) is 17.0 Å². The Hall–Kier alpha value is -1.52. The zero-order valence-electron chi connectivity index (χ0n) is 16.4. The van der Waals surface area contributed by atoms with E-state index in [9.17, 15) is 4.79 Å². The number of urea groups is 1. The molecule has 0 bridgehead atoms. The van der Waals surface area contributed by atoms with Gasteiger partial charge in [0.05, 0.1) is 11.2 Å². The van der Waals surface area contributed by atoms with Crippen molar-refractivity contribution in [3.8, 4) is 0 Å². The maximum atomic E-state index is 12.6. The van der Waals surface area contributed by atoms with Crippen molar-refractivity contribution < 1.29 is 4.79 Å². The molecule has 1 N–H and O–H groups in total. The Morgan fingerprint density at radius 3 is 2.33 bits per heavy atom. The Morgan fingerprint density at radius 1 is 1.25 bits per heavy atom. The minimum atomic E-state index is -0.184. The van der Waals surface area contributed by atoms with E-state index >= 15 is 0 Å². The van der Waals surface area contributed by atoms with Crippen molar-refractivity contribution in [3.05, 3.63) is 11.8 Å². The first-order valence-electron chi connectivity index (χ1n) is 9.11. The van der Waals surface area contributed by atoms with Crippen LogP contribution in [0.4, 0.5) is 10.6 Å². The molecule has 1 heterocycles. The zero-order valence-corrected chi connectivity index (χ0v) is 16.4. The van der Waals surface area contributed by atoms with Crippen molar-refractivity contribution in [1.82, 2.24) is 14.7 Å². The molecule has 0 atom stereocenters. The van der Waals surface area contributed by atoms with Crippen LogP contribution in [0.3, 0.4) is 0 Å². The molecular weight excluding hydrogens is 300 g/mol. The largest absolute Gasteiger partial charge is 0.327 e. The summed E-state index contributed by atoms with van der Waals surface area (Å²) >= 11 is 0. The van der Waals surface area contributed by atoms with Gasteiger partial charge < -0.3 is 4.90 Å². The quantitative estimate of drug-likeness (QED) is 0.879. The molecule has 2 amide bonds. The SMILES string of the molecule is CN(CC1CCCC1)C(=O)Nc1cc(C(C)(C)C)nn1C(C)(C)C. The average molecular weight is 335 g/mol. The van der Waals surface area contributed by atoms with Crippen molar-refractivity contribution in [2.45, 2.75) is 78.2 Å². The molecule has 136 valence electrons. The third kappa shape index (κ3) is 4.52. The van der Waals surface area contributed by atoms with E-state index in [1.165, 1.54) is 25.7 Å². The van der Waals surface area contributed by atoms with Crippen LogP contribution in [0.25, 0.3) is 0 Å². The van der Waals surface area contributed by atoms with Crippen LogP contribution in [0, 0.1) is 5.92 Å². The molecule has 24 heavy (non-hydrogen) atoms. The molecule has 5 heteroatoms. The lowest BCUT2D eigenvalue weighted by atomic mass is 9.92. The van der Waals surface area contributed by atoms with Crippen LogP contribution in [0.5, 0.6) is 0 Å². The van der Waals surface area contributed by atoms with Crippen LogP contribution < -0.4 is 5.32 Å². The van der Waals surface area contributed by atoms with E-state index < -0.39 is 0 Å². The first-order chi connectivity index (χ1) is 11.0. The van der Waals surface area contributed by atoms with Gasteiger partial charge in [-0.1, -0.05) is 33.6 Å². The summed E-state index contributed by atoms with van der Waals surface area (Å²) in [5.41, 5.74) is 0.758. The van der Waals surface area contributed by atoms with Gasteiger partial charge in [-0.15, -0.1) is 0 Å². The maximum absolute atomic E-state index is 12.6. The molecule has 1 fully saturated rings. The third-order valence-corrected chi connectivity index (χ3v) is 4.70. The second-order valence-electron chi connectivity index (χ2n) is 9.21. The van der Waals surface area contributed by atoms with E-state index in [4.69, 9.17) is 5.10 Å². The number of nitrogens with zero attached hydrogens (tertiary/aromatic N) is 3. The second kappa shape index (κ2) is 6.77. The van der Waals surface area contributed by atoms with Gasteiger partial charge in [-0.3, -0.25) is 5.32 Å². The lowest BCUT2D eigenvalue weighted by Gasteiger charge is -2.25. The number of hydrogen-bond acceptors (Lipinski definition) is 2. The number of carbonyl (C=O) groups excluding carboxylic acids is 1. The molecule has 1 aromatic heterocycles. The minimum Gasteiger partial charge on any atom is -0.327 e. The molecule has 1 aliphatic carbocycles. The Bertz CT molecular complexity index is 571. The number of amides is 2. The summed E-state index contributed by atoms with van der Waals surface area (Å²) < 4.78 is 1.93. The number of hydrogen-bond donors (Lipinski definition) is 1. The van der Waals surface area contributed by atoms with Crippen LogP contribution in [0.15, 0.2) is 6.07 Å². The summed E-state index contributed by atoms with van der Waals surface area (Å²) in [7, 11) is 1.89. The van der Waals surface area contributed by atoms with Gasteiger partial charge >= 0.3 is 6.03 Å². The van der Waals surface area contributed by atoms with Gasteiger partial charge in [-0.25, -0.2) is 9.48 Å². The van der Waals surface area contributed by atoms with Gasteiger partial charge in [0.2, 0.25) is 0 Å². The van der Waals surface area contributed by atoms with Crippen LogP contribution in [0.2, 0.25) is 0 Å². The van der Waals surface area contributed by atoms with E-state index in [0.29, 0.717) is 5.92 Å². The predicted molar refractivity (Wildman–Crippen MR) is 99.5 cm³/mol. The Labute approximate surface area is 146 Å². The lowest BCUT2D eigenvalue weighted by molar-refractivity contribution is 0.213. The second-order valence-corrected chi connectivity index (χ2v) is 9.21. The van der Waals surface area contributed by atoms with Gasteiger partial charge in [0, 0.05) is 25.1 Å². The van der Waals surface area contributed by atoms with Crippen LogP contribution in [0.1, 0.15) is 72.9 Å². The molecule has 0 aromatic carbocycles. The molecule has 0 saturated heterocycles. The van der Waals surface area contributed by atoms with Crippen LogP contribution in [-0.4, -0.2) is 34.3 Å². The number of anilines is 1. The van der Waals surface area contributed by atoms with Crippen molar-refractivity contribution in [1.29, 1.82) is 0 Å². The fourth-order valence-corrected chi connectivity index (χ4v) is 3.22. The zero-order chi connectivity index (χ0) is 18.1.